The number of allylic oxidation sites excluding steroid dienone is 1. The van der Waals surface area contributed by atoms with Crippen LogP contribution in [-0.4, -0.2) is 60.0 Å². The number of likely N-dealkylation sites (N-methyl/N-ethyl adjacent to an activating group) is 1. The van der Waals surface area contributed by atoms with Gasteiger partial charge in [0.1, 0.15) is 6.04 Å². The topological polar surface area (TPSA) is 53.0 Å². The van der Waals surface area contributed by atoms with Gasteiger partial charge in [-0.3, -0.25) is 19.3 Å². The number of aliphatic carboxylic acids is 1. The Morgan fingerprint density at radius 1 is 1.07 bits per heavy atom. The average molecular weight is 635 g/mol. The Bertz CT molecular complexity index is 1310. The number of hydrogen-bond donors (Lipinski definition) is 1. The zero-order valence-electron chi connectivity index (χ0n) is 26.3. The summed E-state index contributed by atoms with van der Waals surface area (Å²) in [5, 5.41) is 11.3. The van der Waals surface area contributed by atoms with E-state index in [0.717, 1.165) is 61.0 Å². The van der Waals surface area contributed by atoms with Crippen LogP contribution in [0.2, 0.25) is 5.02 Å². The number of nitrogens with zero attached hydrogens (tertiary/aromatic N) is 2. The van der Waals surface area contributed by atoms with Crippen molar-refractivity contribution >= 4 is 17.6 Å². The van der Waals surface area contributed by atoms with E-state index in [1.165, 1.54) is 11.1 Å². The summed E-state index contributed by atoms with van der Waals surface area (Å²) >= 11 is 6.48. The number of aryl methyl sites for hydroxylation is 2. The molecule has 0 spiro atoms. The van der Waals surface area contributed by atoms with Crippen molar-refractivity contribution in [2.75, 3.05) is 26.7 Å². The molecule has 2 aliphatic rings. The summed E-state index contributed by atoms with van der Waals surface area (Å²) in [6.45, 7) is 8.67. The molecule has 1 N–H and O–H groups in total. The van der Waals surface area contributed by atoms with Gasteiger partial charge in [-0.05, 0) is 132 Å². The normalized spacial score (nSPS) is 23.0. The quantitative estimate of drug-likeness (QED) is 0.264. The summed E-state index contributed by atoms with van der Waals surface area (Å²) in [6, 6.07) is 10.9. The van der Waals surface area contributed by atoms with E-state index in [9.17, 15) is 23.1 Å². The standard InChI is InChI=1S/C35H46ClF3N2O3/c1-23-8-6-19-41(20-7-9-23)31(30-22-27(36)15-12-24(30)2)18-21-40(4)33(34(42)43)29-11-5-10-25(3)32(29)26-13-16-28(17-14-26)44-35(37,38)39/h5,8,10-12,15,22,26,28,31,33H,6-7,9,13-14,16-21H2,1-4H3,(H,42,43)/b23-8+/t26?,28?,31-,33?/m0/s1. The van der Waals surface area contributed by atoms with Gasteiger partial charge in [0.05, 0.1) is 6.10 Å². The smallest absolute Gasteiger partial charge is 0.480 e. The van der Waals surface area contributed by atoms with Gasteiger partial charge in [-0.25, -0.2) is 0 Å². The maximum absolute atomic E-state index is 12.9. The van der Waals surface area contributed by atoms with Gasteiger partial charge in [0.15, 0.2) is 0 Å². The van der Waals surface area contributed by atoms with Gasteiger partial charge in [-0.2, -0.15) is 0 Å². The van der Waals surface area contributed by atoms with Crippen LogP contribution in [0.3, 0.4) is 0 Å². The molecule has 1 fully saturated rings. The number of hydrogen-bond acceptors (Lipinski definition) is 4. The summed E-state index contributed by atoms with van der Waals surface area (Å²) in [7, 11) is 1.86. The van der Waals surface area contributed by atoms with Crippen molar-refractivity contribution in [1.82, 2.24) is 9.80 Å². The van der Waals surface area contributed by atoms with E-state index in [1.807, 2.05) is 49.2 Å². The van der Waals surface area contributed by atoms with Crippen molar-refractivity contribution in [3.05, 3.63) is 80.9 Å². The molecule has 1 aliphatic carbocycles. The fourth-order valence-electron chi connectivity index (χ4n) is 7.24. The fraction of sp³-hybridized carbons (Fsp3) is 0.571. The molecule has 44 heavy (non-hydrogen) atoms. The van der Waals surface area contributed by atoms with E-state index >= 15 is 0 Å². The highest BCUT2D eigenvalue weighted by Crippen LogP contribution is 2.41. The minimum absolute atomic E-state index is 0.0195. The van der Waals surface area contributed by atoms with Crippen molar-refractivity contribution in [2.24, 2.45) is 0 Å². The summed E-state index contributed by atoms with van der Waals surface area (Å²) in [4.78, 5) is 17.3. The van der Waals surface area contributed by atoms with E-state index in [0.29, 0.717) is 24.4 Å². The predicted molar refractivity (Wildman–Crippen MR) is 169 cm³/mol. The Kier molecular flexibility index (Phi) is 12.0. The Labute approximate surface area is 265 Å². The third-order valence-corrected chi connectivity index (χ3v) is 9.67. The molecular formula is C35H46ClF3N2O3. The largest absolute Gasteiger partial charge is 0.522 e. The van der Waals surface area contributed by atoms with Gasteiger partial charge in [-0.15, -0.1) is 13.2 Å². The van der Waals surface area contributed by atoms with Crippen molar-refractivity contribution < 1.29 is 27.8 Å². The van der Waals surface area contributed by atoms with Crippen LogP contribution in [0.1, 0.15) is 104 Å². The molecular weight excluding hydrogens is 589 g/mol. The highest BCUT2D eigenvalue weighted by atomic mass is 35.5. The Morgan fingerprint density at radius 2 is 1.80 bits per heavy atom. The minimum atomic E-state index is -4.65. The van der Waals surface area contributed by atoms with Crippen LogP contribution in [-0.2, 0) is 9.53 Å². The Balaban J connectivity index is 1.57. The maximum Gasteiger partial charge on any atom is 0.522 e. The molecule has 1 heterocycles. The number of halogens is 4. The van der Waals surface area contributed by atoms with E-state index in [1.54, 1.807) is 0 Å². The van der Waals surface area contributed by atoms with E-state index in [2.05, 4.69) is 35.6 Å². The summed E-state index contributed by atoms with van der Waals surface area (Å²) in [5.41, 5.74) is 6.41. The van der Waals surface area contributed by atoms with Crippen molar-refractivity contribution in [3.8, 4) is 0 Å². The first kappa shape index (κ1) is 34.5. The number of rotatable bonds is 10. The van der Waals surface area contributed by atoms with Gasteiger partial charge in [-0.1, -0.05) is 47.5 Å². The zero-order valence-corrected chi connectivity index (χ0v) is 27.1. The molecule has 9 heteroatoms. The Hall–Kier alpha value is -2.39. The van der Waals surface area contributed by atoms with Crippen LogP contribution in [0, 0.1) is 13.8 Å². The molecule has 4 rings (SSSR count). The number of alkyl halides is 3. The molecule has 1 aliphatic heterocycles. The molecule has 2 atom stereocenters. The third kappa shape index (κ3) is 9.09. The van der Waals surface area contributed by atoms with Crippen molar-refractivity contribution in [1.29, 1.82) is 0 Å². The molecule has 0 aromatic heterocycles. The summed E-state index contributed by atoms with van der Waals surface area (Å²) < 4.78 is 42.8. The molecule has 5 nitrogen and oxygen atoms in total. The summed E-state index contributed by atoms with van der Waals surface area (Å²) in [6.07, 6.45) is 2.27. The lowest BCUT2D eigenvalue weighted by atomic mass is 9.77. The summed E-state index contributed by atoms with van der Waals surface area (Å²) in [5.74, 6) is -0.954. The molecule has 2 aromatic carbocycles. The second kappa shape index (κ2) is 15.3. The SMILES string of the molecule is C/C1=C\CCN([C@@H](CCN(C)C(C(=O)O)c2cccc(C)c2C2CCC(OC(F)(F)F)CC2)c2cc(Cl)ccc2C)CCC1. The Morgan fingerprint density at radius 3 is 2.48 bits per heavy atom. The second-order valence-corrected chi connectivity index (χ2v) is 13.1. The van der Waals surface area contributed by atoms with Crippen LogP contribution < -0.4 is 0 Å². The molecule has 2 aromatic rings. The molecule has 242 valence electrons. The molecule has 0 amide bonds. The van der Waals surface area contributed by atoms with Crippen LogP contribution in [0.25, 0.3) is 0 Å². The van der Waals surface area contributed by atoms with E-state index < -0.39 is 24.5 Å². The third-order valence-electron chi connectivity index (χ3n) is 9.43. The molecule has 1 saturated carbocycles. The van der Waals surface area contributed by atoms with Gasteiger partial charge in [0.25, 0.3) is 0 Å². The lowest BCUT2D eigenvalue weighted by Gasteiger charge is -2.37. The lowest BCUT2D eigenvalue weighted by molar-refractivity contribution is -0.345. The molecule has 0 bridgehead atoms. The fourth-order valence-corrected chi connectivity index (χ4v) is 7.42. The van der Waals surface area contributed by atoms with Crippen LogP contribution in [0.15, 0.2) is 48.0 Å². The van der Waals surface area contributed by atoms with Crippen molar-refractivity contribution in [2.45, 2.75) is 103 Å². The number of carbonyl (C=O) groups is 1. The van der Waals surface area contributed by atoms with Crippen LogP contribution in [0.5, 0.6) is 0 Å². The average Bonchev–Trinajstić information content (AvgIpc) is 2.93. The minimum Gasteiger partial charge on any atom is -0.480 e. The zero-order chi connectivity index (χ0) is 32.0. The van der Waals surface area contributed by atoms with E-state index in [4.69, 9.17) is 11.6 Å². The number of carboxylic acid groups (broad SMARTS) is 1. The first-order valence-corrected chi connectivity index (χ1v) is 16.1. The lowest BCUT2D eigenvalue weighted by Crippen LogP contribution is -2.37. The highest BCUT2D eigenvalue weighted by molar-refractivity contribution is 6.30. The van der Waals surface area contributed by atoms with Gasteiger partial charge in [0, 0.05) is 24.2 Å². The van der Waals surface area contributed by atoms with Crippen molar-refractivity contribution in [3.63, 3.8) is 0 Å². The maximum atomic E-state index is 12.9. The first-order chi connectivity index (χ1) is 20.8. The molecule has 0 saturated heterocycles. The first-order valence-electron chi connectivity index (χ1n) is 15.8. The monoisotopic (exact) mass is 634 g/mol. The highest BCUT2D eigenvalue weighted by Gasteiger charge is 2.37. The molecule has 1 unspecified atom stereocenters. The predicted octanol–water partition coefficient (Wildman–Crippen LogP) is 9.14. The van der Waals surface area contributed by atoms with Crippen LogP contribution >= 0.6 is 11.6 Å². The number of carboxylic acids is 1. The van der Waals surface area contributed by atoms with Gasteiger partial charge < -0.3 is 5.11 Å². The number of ether oxygens (including phenoxy) is 1. The number of benzene rings is 2. The van der Waals surface area contributed by atoms with Crippen LogP contribution in [0.4, 0.5) is 13.2 Å². The second-order valence-electron chi connectivity index (χ2n) is 12.6. The van der Waals surface area contributed by atoms with Gasteiger partial charge in [0.2, 0.25) is 0 Å². The van der Waals surface area contributed by atoms with E-state index in [-0.39, 0.29) is 24.8 Å². The van der Waals surface area contributed by atoms with Gasteiger partial charge >= 0.3 is 12.3 Å². The molecule has 0 radical (unpaired) electrons.